The third-order valence-corrected chi connectivity index (χ3v) is 6.90. The van der Waals surface area contributed by atoms with Crippen LogP contribution in [0, 0.1) is 0 Å². The quantitative estimate of drug-likeness (QED) is 0.157. The zero-order valence-corrected chi connectivity index (χ0v) is 23.5. The minimum absolute atomic E-state index is 0. The fourth-order valence-corrected chi connectivity index (χ4v) is 5.19. The Morgan fingerprint density at radius 2 is 1.32 bits per heavy atom. The number of rotatable bonds is 12. The number of carboxylic acid groups (broad SMARTS) is 1. The third-order valence-electron chi connectivity index (χ3n) is 5.35. The van der Waals surface area contributed by atoms with E-state index >= 15 is 0 Å². The second-order valence-corrected chi connectivity index (χ2v) is 9.69. The zero-order valence-electron chi connectivity index (χ0n) is 21.9. The van der Waals surface area contributed by atoms with Crippen molar-refractivity contribution in [3.8, 4) is 0 Å². The maximum atomic E-state index is 11.1. The smallest absolute Gasteiger partial charge is 0.304 e. The summed E-state index contributed by atoms with van der Waals surface area (Å²) in [4.78, 5) is 21.1. The van der Waals surface area contributed by atoms with Crippen molar-refractivity contribution in [3.63, 3.8) is 0 Å². The summed E-state index contributed by atoms with van der Waals surface area (Å²) >= 11 is 1.68. The fraction of sp³-hybridized carbons (Fsp3) is 0.333. The van der Waals surface area contributed by atoms with Crippen LogP contribution >= 0.6 is 24.2 Å². The second kappa shape index (κ2) is 18.4. The predicted molar refractivity (Wildman–Crippen MR) is 160 cm³/mol. The van der Waals surface area contributed by atoms with Crippen molar-refractivity contribution in [2.45, 2.75) is 24.5 Å². The molecule has 3 aromatic carbocycles. The first-order valence-corrected chi connectivity index (χ1v) is 13.2. The van der Waals surface area contributed by atoms with Crippen molar-refractivity contribution < 1.29 is 9.90 Å². The van der Waals surface area contributed by atoms with Crippen molar-refractivity contribution in [2.75, 3.05) is 39.5 Å². The average molecular weight is 540 g/mol. The number of benzene rings is 3. The van der Waals surface area contributed by atoms with Gasteiger partial charge in [0.1, 0.15) is 0 Å². The number of carboxylic acids is 1. The van der Waals surface area contributed by atoms with E-state index in [0.717, 1.165) is 42.7 Å². The van der Waals surface area contributed by atoms with Gasteiger partial charge in [-0.15, -0.1) is 24.2 Å². The van der Waals surface area contributed by atoms with Gasteiger partial charge in [0.05, 0.1) is 23.7 Å². The summed E-state index contributed by atoms with van der Waals surface area (Å²) in [6.07, 6.45) is 1.22. The molecule has 0 aliphatic heterocycles. The molecule has 5 nitrogen and oxygen atoms in total. The summed E-state index contributed by atoms with van der Waals surface area (Å²) in [5.74, 6) is -0.232. The van der Waals surface area contributed by atoms with Gasteiger partial charge in [-0.2, -0.15) is 0 Å². The van der Waals surface area contributed by atoms with E-state index in [1.54, 1.807) is 11.8 Å². The highest BCUT2D eigenvalue weighted by molar-refractivity contribution is 8.00. The van der Waals surface area contributed by atoms with Gasteiger partial charge in [0.2, 0.25) is 0 Å². The lowest BCUT2D eigenvalue weighted by atomic mass is 9.84. The van der Waals surface area contributed by atoms with Crippen LogP contribution in [0.25, 0.3) is 0 Å². The van der Waals surface area contributed by atoms with Gasteiger partial charge in [0.25, 0.3) is 0 Å². The molecular weight excluding hydrogens is 502 g/mol. The van der Waals surface area contributed by atoms with Gasteiger partial charge < -0.3 is 10.0 Å². The van der Waals surface area contributed by atoms with E-state index in [-0.39, 0.29) is 18.8 Å². The van der Waals surface area contributed by atoms with Crippen LogP contribution in [0.2, 0.25) is 0 Å². The normalized spacial score (nSPS) is 10.4. The van der Waals surface area contributed by atoms with Crippen LogP contribution in [0.5, 0.6) is 0 Å². The Kier molecular flexibility index (Phi) is 16.0. The Hall–Kier alpha value is -2.89. The molecule has 0 unspecified atom stereocenters. The number of nitrogens with zero attached hydrogens (tertiary/aromatic N) is 3. The highest BCUT2D eigenvalue weighted by Gasteiger charge is 2.36. The Morgan fingerprint density at radius 1 is 0.865 bits per heavy atom. The van der Waals surface area contributed by atoms with E-state index in [2.05, 4.69) is 71.4 Å². The summed E-state index contributed by atoms with van der Waals surface area (Å²) < 4.78 is -0.431. The van der Waals surface area contributed by atoms with Gasteiger partial charge in [-0.25, -0.2) is 9.98 Å². The van der Waals surface area contributed by atoms with E-state index < -0.39 is 10.7 Å². The monoisotopic (exact) mass is 539 g/mol. The lowest BCUT2D eigenvalue weighted by molar-refractivity contribution is -0.136. The molecule has 3 rings (SSSR count). The molecule has 0 amide bonds. The van der Waals surface area contributed by atoms with Gasteiger partial charge in [0, 0.05) is 12.3 Å². The molecule has 198 valence electrons. The number of aliphatic imine (C=N–C) groups is 2. The summed E-state index contributed by atoms with van der Waals surface area (Å²) in [6, 6.07) is 33.6. The van der Waals surface area contributed by atoms with Gasteiger partial charge in [-0.3, -0.25) is 4.79 Å². The third kappa shape index (κ3) is 10.9. The molecular formula is C30H38ClN3O2S. The molecule has 0 saturated carbocycles. The Bertz CT molecular complexity index is 977. The SMILES string of the molecule is CCN=C=NCCCN(C)C.Cl.O=C(O)CCSC(c1ccccc1)(c1ccccc1)c1ccccc1. The van der Waals surface area contributed by atoms with Crippen LogP contribution in [0.1, 0.15) is 36.5 Å². The van der Waals surface area contributed by atoms with Gasteiger partial charge in [0.15, 0.2) is 0 Å². The van der Waals surface area contributed by atoms with Crippen molar-refractivity contribution in [2.24, 2.45) is 9.98 Å². The largest absolute Gasteiger partial charge is 0.481 e. The summed E-state index contributed by atoms with van der Waals surface area (Å²) in [7, 11) is 4.12. The van der Waals surface area contributed by atoms with Gasteiger partial charge >= 0.3 is 5.97 Å². The predicted octanol–water partition coefficient (Wildman–Crippen LogP) is 6.74. The Labute approximate surface area is 232 Å². The van der Waals surface area contributed by atoms with Gasteiger partial charge in [-0.05, 0) is 50.7 Å². The molecule has 0 atom stereocenters. The zero-order chi connectivity index (χ0) is 26.1. The van der Waals surface area contributed by atoms with E-state index in [1.165, 1.54) is 0 Å². The number of aliphatic carboxylic acids is 1. The van der Waals surface area contributed by atoms with E-state index in [1.807, 2.05) is 61.5 Å². The van der Waals surface area contributed by atoms with Crippen molar-refractivity contribution in [1.29, 1.82) is 0 Å². The summed E-state index contributed by atoms with van der Waals surface area (Å²) in [5.41, 5.74) is 3.47. The first-order valence-electron chi connectivity index (χ1n) is 12.3. The molecule has 0 aromatic heterocycles. The highest BCUT2D eigenvalue weighted by atomic mass is 35.5. The average Bonchev–Trinajstić information content (AvgIpc) is 2.90. The fourth-order valence-electron chi connectivity index (χ4n) is 3.70. The van der Waals surface area contributed by atoms with Crippen molar-refractivity contribution >= 4 is 36.1 Å². The number of hydrogen-bond donors (Lipinski definition) is 1. The molecule has 0 aliphatic rings. The Balaban J connectivity index is 0.000000487. The topological polar surface area (TPSA) is 65.3 Å². The lowest BCUT2D eigenvalue weighted by Gasteiger charge is -2.35. The number of carbonyl (C=O) groups is 1. The van der Waals surface area contributed by atoms with Crippen LogP contribution in [0.15, 0.2) is 101 Å². The van der Waals surface area contributed by atoms with Crippen LogP contribution in [-0.4, -0.2) is 61.5 Å². The van der Waals surface area contributed by atoms with E-state index in [9.17, 15) is 4.79 Å². The molecule has 0 bridgehead atoms. The molecule has 7 heteroatoms. The van der Waals surface area contributed by atoms with Crippen molar-refractivity contribution in [1.82, 2.24) is 4.90 Å². The number of hydrogen-bond acceptors (Lipinski definition) is 5. The molecule has 0 fully saturated rings. The molecule has 0 spiro atoms. The molecule has 3 aromatic rings. The number of halogens is 1. The summed E-state index contributed by atoms with van der Waals surface area (Å²) in [5, 5.41) is 9.11. The molecule has 0 saturated heterocycles. The van der Waals surface area contributed by atoms with Crippen molar-refractivity contribution in [3.05, 3.63) is 108 Å². The Morgan fingerprint density at radius 3 is 1.70 bits per heavy atom. The van der Waals surface area contributed by atoms with Crippen LogP contribution in [0.3, 0.4) is 0 Å². The molecule has 0 radical (unpaired) electrons. The maximum Gasteiger partial charge on any atom is 0.304 e. The minimum atomic E-state index is -0.768. The molecule has 0 heterocycles. The maximum absolute atomic E-state index is 11.1. The summed E-state index contributed by atoms with van der Waals surface area (Å²) in [6.45, 7) is 4.67. The lowest BCUT2D eigenvalue weighted by Crippen LogP contribution is -2.26. The van der Waals surface area contributed by atoms with E-state index in [0.29, 0.717) is 5.75 Å². The highest BCUT2D eigenvalue weighted by Crippen LogP contribution is 2.48. The second-order valence-electron chi connectivity index (χ2n) is 8.38. The van der Waals surface area contributed by atoms with Gasteiger partial charge in [-0.1, -0.05) is 91.0 Å². The molecule has 0 aliphatic carbocycles. The van der Waals surface area contributed by atoms with Crippen LogP contribution in [0.4, 0.5) is 0 Å². The molecule has 37 heavy (non-hydrogen) atoms. The first kappa shape index (κ1) is 32.1. The number of thioether (sulfide) groups is 1. The van der Waals surface area contributed by atoms with Crippen LogP contribution < -0.4 is 0 Å². The minimum Gasteiger partial charge on any atom is -0.481 e. The van der Waals surface area contributed by atoms with E-state index in [4.69, 9.17) is 5.11 Å². The first-order chi connectivity index (χ1) is 17.5. The standard InChI is InChI=1S/C22H20O2S.C8H17N3.ClH/c23-21(24)16-17-25-22(18-10-4-1-5-11-18,19-12-6-2-7-13-19)20-14-8-3-9-15-20;1-4-9-8-10-6-5-7-11(2)3;/h1-15H,16-17H2,(H,23,24);4-7H2,1-3H3;1H. The molecule has 1 N–H and O–H groups in total. The van der Waals surface area contributed by atoms with Crippen LogP contribution in [-0.2, 0) is 9.54 Å².